The zero-order valence-electron chi connectivity index (χ0n) is 16.8. The molecule has 0 spiro atoms. The fourth-order valence-electron chi connectivity index (χ4n) is 3.88. The number of nitrogens with zero attached hydrogens (tertiary/aromatic N) is 6. The van der Waals surface area contributed by atoms with E-state index < -0.39 is 17.2 Å². The van der Waals surface area contributed by atoms with Crippen LogP contribution in [0.15, 0.2) is 79.6 Å². The Morgan fingerprint density at radius 1 is 0.969 bits per heavy atom. The molecule has 9 heteroatoms. The molecule has 1 atom stereocenters. The van der Waals surface area contributed by atoms with Crippen LogP contribution in [0, 0.1) is 11.6 Å². The smallest absolute Gasteiger partial charge is 0.142 e. The minimum atomic E-state index is -1.79. The molecular formula is C23H18F2N6O. The van der Waals surface area contributed by atoms with E-state index in [2.05, 4.69) is 15.1 Å². The normalized spacial score (nSPS) is 13.3. The number of hydrogen-bond acceptors (Lipinski definition) is 5. The SMILES string of the molecule is OC(Cn1cncn1)(Cn1c(-c2cccnc2)nc2ccccc21)c1ccc(F)cc1F. The summed E-state index contributed by atoms with van der Waals surface area (Å²) < 4.78 is 31.7. The van der Waals surface area contributed by atoms with Crippen molar-refractivity contribution in [1.29, 1.82) is 0 Å². The van der Waals surface area contributed by atoms with Crippen molar-refractivity contribution in [1.82, 2.24) is 29.3 Å². The minimum absolute atomic E-state index is 0.0516. The zero-order chi connectivity index (χ0) is 22.1. The summed E-state index contributed by atoms with van der Waals surface area (Å²) in [4.78, 5) is 12.8. The van der Waals surface area contributed by atoms with Crippen LogP contribution in [-0.4, -0.2) is 34.4 Å². The average Bonchev–Trinajstić information content (AvgIpc) is 3.42. The highest BCUT2D eigenvalue weighted by Gasteiger charge is 2.35. The molecule has 0 radical (unpaired) electrons. The van der Waals surface area contributed by atoms with E-state index in [1.54, 1.807) is 18.5 Å². The second-order valence-electron chi connectivity index (χ2n) is 7.50. The Kier molecular flexibility index (Phi) is 4.95. The van der Waals surface area contributed by atoms with Crippen LogP contribution in [0.25, 0.3) is 22.4 Å². The topological polar surface area (TPSA) is 81.6 Å². The number of rotatable bonds is 6. The Morgan fingerprint density at radius 2 is 1.84 bits per heavy atom. The van der Waals surface area contributed by atoms with Crippen molar-refractivity contribution in [3.8, 4) is 11.4 Å². The second-order valence-corrected chi connectivity index (χ2v) is 7.50. The van der Waals surface area contributed by atoms with E-state index in [4.69, 9.17) is 4.98 Å². The first-order valence-corrected chi connectivity index (χ1v) is 9.89. The summed E-state index contributed by atoms with van der Waals surface area (Å²) in [6, 6.07) is 14.3. The molecule has 0 aliphatic rings. The predicted octanol–water partition coefficient (Wildman–Crippen LogP) is 3.56. The number of hydrogen-bond donors (Lipinski definition) is 1. The molecule has 1 unspecified atom stereocenters. The number of aliphatic hydroxyl groups is 1. The molecule has 3 aromatic heterocycles. The van der Waals surface area contributed by atoms with Crippen molar-refractivity contribution in [2.45, 2.75) is 18.7 Å². The van der Waals surface area contributed by atoms with Gasteiger partial charge in [0.1, 0.15) is 35.7 Å². The summed E-state index contributed by atoms with van der Waals surface area (Å²) in [5.74, 6) is -1.00. The molecule has 0 bridgehead atoms. The van der Waals surface area contributed by atoms with Gasteiger partial charge in [-0.05, 0) is 30.3 Å². The molecule has 32 heavy (non-hydrogen) atoms. The van der Waals surface area contributed by atoms with Crippen LogP contribution in [0.5, 0.6) is 0 Å². The number of para-hydroxylation sites is 2. The highest BCUT2D eigenvalue weighted by Crippen LogP contribution is 2.33. The summed E-state index contributed by atoms with van der Waals surface area (Å²) in [6.07, 6.45) is 6.09. The molecule has 0 aliphatic heterocycles. The summed E-state index contributed by atoms with van der Waals surface area (Å²) in [7, 11) is 0. The Morgan fingerprint density at radius 3 is 2.59 bits per heavy atom. The lowest BCUT2D eigenvalue weighted by Gasteiger charge is -2.30. The van der Waals surface area contributed by atoms with Gasteiger partial charge in [-0.3, -0.25) is 4.98 Å². The van der Waals surface area contributed by atoms with E-state index in [0.29, 0.717) is 11.3 Å². The number of imidazole rings is 1. The summed E-state index contributed by atoms with van der Waals surface area (Å²) in [5.41, 5.74) is 0.377. The maximum atomic E-state index is 14.9. The highest BCUT2D eigenvalue weighted by atomic mass is 19.1. The number of aromatic nitrogens is 6. The van der Waals surface area contributed by atoms with Crippen LogP contribution in [0.1, 0.15) is 5.56 Å². The second kappa shape index (κ2) is 7.93. The Hall–Kier alpha value is -3.98. The summed E-state index contributed by atoms with van der Waals surface area (Å²) >= 11 is 0. The molecule has 7 nitrogen and oxygen atoms in total. The highest BCUT2D eigenvalue weighted by molar-refractivity contribution is 5.80. The van der Waals surface area contributed by atoms with Gasteiger partial charge in [-0.25, -0.2) is 23.4 Å². The lowest BCUT2D eigenvalue weighted by molar-refractivity contribution is -0.00410. The van der Waals surface area contributed by atoms with E-state index in [1.807, 2.05) is 34.9 Å². The molecule has 2 aromatic carbocycles. The first kappa shape index (κ1) is 20.0. The third kappa shape index (κ3) is 3.63. The van der Waals surface area contributed by atoms with Gasteiger partial charge < -0.3 is 9.67 Å². The average molecular weight is 432 g/mol. The quantitative estimate of drug-likeness (QED) is 0.444. The van der Waals surface area contributed by atoms with Gasteiger partial charge in [-0.15, -0.1) is 0 Å². The Balaban J connectivity index is 1.69. The molecule has 1 N–H and O–H groups in total. The largest absolute Gasteiger partial charge is 0.381 e. The van der Waals surface area contributed by atoms with E-state index >= 15 is 0 Å². The number of fused-ring (bicyclic) bond motifs is 1. The Bertz CT molecular complexity index is 1370. The van der Waals surface area contributed by atoms with Crippen LogP contribution >= 0.6 is 0 Å². The van der Waals surface area contributed by atoms with E-state index in [9.17, 15) is 13.9 Å². The molecule has 0 amide bonds. The monoisotopic (exact) mass is 432 g/mol. The maximum absolute atomic E-state index is 14.9. The fraction of sp³-hybridized carbons (Fsp3) is 0.130. The van der Waals surface area contributed by atoms with Gasteiger partial charge in [0.05, 0.1) is 24.1 Å². The lowest BCUT2D eigenvalue weighted by Crippen LogP contribution is -2.37. The van der Waals surface area contributed by atoms with Crippen LogP contribution in [0.2, 0.25) is 0 Å². The molecule has 5 aromatic rings. The minimum Gasteiger partial charge on any atom is -0.381 e. The standard InChI is InChI=1S/C23H18F2N6O/c24-17-7-8-18(19(25)10-17)23(32,12-30-15-27-14-28-30)13-31-21-6-2-1-5-20(21)29-22(31)16-4-3-9-26-11-16/h1-11,14-15,32H,12-13H2. The Labute approximate surface area is 181 Å². The van der Waals surface area contributed by atoms with Gasteiger partial charge in [-0.1, -0.05) is 18.2 Å². The van der Waals surface area contributed by atoms with E-state index in [0.717, 1.165) is 23.2 Å². The van der Waals surface area contributed by atoms with Gasteiger partial charge in [0.25, 0.3) is 0 Å². The van der Waals surface area contributed by atoms with Crippen molar-refractivity contribution in [3.05, 3.63) is 96.8 Å². The fourth-order valence-corrected chi connectivity index (χ4v) is 3.88. The first-order valence-electron chi connectivity index (χ1n) is 9.89. The summed E-state index contributed by atoms with van der Waals surface area (Å²) in [5, 5.41) is 15.9. The van der Waals surface area contributed by atoms with Gasteiger partial charge in [0.15, 0.2) is 0 Å². The molecule has 0 fully saturated rings. The van der Waals surface area contributed by atoms with Crippen LogP contribution < -0.4 is 0 Å². The van der Waals surface area contributed by atoms with Gasteiger partial charge in [0, 0.05) is 29.6 Å². The van der Waals surface area contributed by atoms with Crippen LogP contribution in [-0.2, 0) is 18.7 Å². The van der Waals surface area contributed by atoms with Gasteiger partial charge >= 0.3 is 0 Å². The molecule has 0 saturated heterocycles. The van der Waals surface area contributed by atoms with Crippen molar-refractivity contribution in [2.24, 2.45) is 0 Å². The molecule has 0 aliphatic carbocycles. The van der Waals surface area contributed by atoms with Gasteiger partial charge in [0.2, 0.25) is 0 Å². The van der Waals surface area contributed by atoms with Crippen LogP contribution in [0.4, 0.5) is 8.78 Å². The van der Waals surface area contributed by atoms with Crippen molar-refractivity contribution < 1.29 is 13.9 Å². The lowest BCUT2D eigenvalue weighted by atomic mass is 9.92. The van der Waals surface area contributed by atoms with Crippen LogP contribution in [0.3, 0.4) is 0 Å². The zero-order valence-corrected chi connectivity index (χ0v) is 16.8. The van der Waals surface area contributed by atoms with E-state index in [-0.39, 0.29) is 18.7 Å². The van der Waals surface area contributed by atoms with Crippen molar-refractivity contribution >= 4 is 11.0 Å². The molecular weight excluding hydrogens is 414 g/mol. The number of pyridine rings is 1. The van der Waals surface area contributed by atoms with Crippen molar-refractivity contribution in [2.75, 3.05) is 0 Å². The summed E-state index contributed by atoms with van der Waals surface area (Å²) in [6.45, 7) is -0.172. The third-order valence-electron chi connectivity index (χ3n) is 5.32. The third-order valence-corrected chi connectivity index (χ3v) is 5.32. The van der Waals surface area contributed by atoms with Gasteiger partial charge in [-0.2, -0.15) is 5.10 Å². The molecule has 5 rings (SSSR count). The maximum Gasteiger partial charge on any atom is 0.142 e. The predicted molar refractivity (Wildman–Crippen MR) is 113 cm³/mol. The molecule has 0 saturated carbocycles. The molecule has 160 valence electrons. The molecule has 3 heterocycles. The van der Waals surface area contributed by atoms with E-state index in [1.165, 1.54) is 23.4 Å². The number of halogens is 2. The number of benzene rings is 2. The van der Waals surface area contributed by atoms with Crippen molar-refractivity contribution in [3.63, 3.8) is 0 Å². The first-order chi connectivity index (χ1) is 15.5.